The quantitative estimate of drug-likeness (QED) is 0.680. The van der Waals surface area contributed by atoms with Crippen molar-refractivity contribution in [3.63, 3.8) is 0 Å². The number of nitrogens with one attached hydrogen (secondary N) is 2. The summed E-state index contributed by atoms with van der Waals surface area (Å²) in [6.07, 6.45) is 5.22. The summed E-state index contributed by atoms with van der Waals surface area (Å²) in [5.41, 5.74) is 2.54. The van der Waals surface area contributed by atoms with Crippen LogP contribution in [0.2, 0.25) is 0 Å². The van der Waals surface area contributed by atoms with Gasteiger partial charge in [-0.2, -0.15) is 17.4 Å². The van der Waals surface area contributed by atoms with Crippen LogP contribution in [0.3, 0.4) is 0 Å². The van der Waals surface area contributed by atoms with Crippen molar-refractivity contribution in [2.75, 3.05) is 13.1 Å². The van der Waals surface area contributed by atoms with E-state index in [4.69, 9.17) is 4.65 Å². The Hall–Kier alpha value is -1.88. The van der Waals surface area contributed by atoms with Gasteiger partial charge in [-0.15, -0.1) is 0 Å². The predicted octanol–water partition coefficient (Wildman–Crippen LogP) is 0.287. The third-order valence-electron chi connectivity index (χ3n) is 4.93. The molecule has 10 heteroatoms. The van der Waals surface area contributed by atoms with Crippen LogP contribution in [0, 0.1) is 5.92 Å². The first kappa shape index (κ1) is 15.4. The van der Waals surface area contributed by atoms with Gasteiger partial charge in [-0.1, -0.05) is 0 Å². The summed E-state index contributed by atoms with van der Waals surface area (Å²) in [6.45, 7) is 0.794. The van der Waals surface area contributed by atoms with E-state index in [0.29, 0.717) is 18.8 Å². The van der Waals surface area contributed by atoms with Gasteiger partial charge in [0.25, 0.3) is 10.2 Å². The highest BCUT2D eigenvalue weighted by atomic mass is 32.2. The molecule has 25 heavy (non-hydrogen) atoms. The van der Waals surface area contributed by atoms with Gasteiger partial charge in [0.1, 0.15) is 11.4 Å². The zero-order valence-electron chi connectivity index (χ0n) is 13.3. The number of aromatic amines is 1. The Labute approximate surface area is 145 Å². The minimum Gasteiger partial charge on any atom is -0.531 e. The number of nitrogens with zero attached hydrogens (tertiary/aromatic N) is 2. The van der Waals surface area contributed by atoms with Gasteiger partial charge in [0.2, 0.25) is 0 Å². The van der Waals surface area contributed by atoms with Gasteiger partial charge in [-0.05, 0) is 30.5 Å². The molecular formula is C15H17BN4O4S. The van der Waals surface area contributed by atoms with E-state index in [1.165, 1.54) is 4.31 Å². The maximum atomic E-state index is 12.3. The Balaban J connectivity index is 1.44. The maximum Gasteiger partial charge on any atom is 0.552 e. The SMILES string of the molecule is O=S(=O)(NC1CC1)N1CC(C2=CB(O)Oc3cnc4[nH]ccc4c32)C1. The normalized spacial score (nSPS) is 21.6. The lowest BCUT2D eigenvalue weighted by Gasteiger charge is -2.40. The smallest absolute Gasteiger partial charge is 0.531 e. The van der Waals surface area contributed by atoms with Crippen LogP contribution < -0.4 is 9.38 Å². The molecule has 5 rings (SSSR count). The van der Waals surface area contributed by atoms with Crippen molar-refractivity contribution in [1.82, 2.24) is 19.0 Å². The summed E-state index contributed by atoms with van der Waals surface area (Å²) >= 11 is 0. The molecule has 130 valence electrons. The van der Waals surface area contributed by atoms with Crippen LogP contribution in [-0.2, 0) is 10.2 Å². The van der Waals surface area contributed by atoms with E-state index < -0.39 is 17.3 Å². The van der Waals surface area contributed by atoms with Crippen molar-refractivity contribution in [2.24, 2.45) is 5.92 Å². The molecule has 0 radical (unpaired) electrons. The van der Waals surface area contributed by atoms with Crippen molar-refractivity contribution in [3.05, 3.63) is 30.0 Å². The Morgan fingerprint density at radius 2 is 2.20 bits per heavy atom. The van der Waals surface area contributed by atoms with Gasteiger partial charge in [0.15, 0.2) is 0 Å². The molecule has 2 fully saturated rings. The summed E-state index contributed by atoms with van der Waals surface area (Å²) in [7, 11) is -4.46. The monoisotopic (exact) mass is 360 g/mol. The molecule has 0 spiro atoms. The highest BCUT2D eigenvalue weighted by molar-refractivity contribution is 7.87. The summed E-state index contributed by atoms with van der Waals surface area (Å²) in [4.78, 5) is 7.35. The second-order valence-electron chi connectivity index (χ2n) is 6.78. The molecule has 1 aliphatic carbocycles. The topological polar surface area (TPSA) is 108 Å². The first-order valence-corrected chi connectivity index (χ1v) is 9.75. The van der Waals surface area contributed by atoms with Crippen molar-refractivity contribution < 1.29 is 18.1 Å². The first-order valence-electron chi connectivity index (χ1n) is 8.31. The molecule has 8 nitrogen and oxygen atoms in total. The van der Waals surface area contributed by atoms with Crippen LogP contribution in [0.4, 0.5) is 0 Å². The molecule has 2 aliphatic heterocycles. The molecule has 2 aromatic rings. The standard InChI is InChI=1S/C15H17BN4O4S/c21-16-5-12(9-7-20(8-9)25(22,23)19-10-1-2-10)14-11-3-4-17-15(11)18-6-13(14)24-16/h3-6,9-10,19,21H,1-2,7-8H2,(H,17,18). The lowest BCUT2D eigenvalue weighted by Crippen LogP contribution is -2.54. The average Bonchev–Trinajstić information content (AvgIpc) is 3.17. The number of rotatable bonds is 4. The fraction of sp³-hybridized carbons (Fsp3) is 0.400. The van der Waals surface area contributed by atoms with E-state index >= 15 is 0 Å². The lowest BCUT2D eigenvalue weighted by atomic mass is 9.75. The van der Waals surface area contributed by atoms with Crippen LogP contribution in [0.25, 0.3) is 16.6 Å². The molecule has 0 aromatic carbocycles. The van der Waals surface area contributed by atoms with Crippen molar-refractivity contribution in [3.8, 4) is 5.75 Å². The van der Waals surface area contributed by atoms with Crippen LogP contribution in [0.5, 0.6) is 5.75 Å². The molecule has 1 saturated carbocycles. The summed E-state index contributed by atoms with van der Waals surface area (Å²) in [5.74, 6) is 2.21. The Morgan fingerprint density at radius 1 is 1.40 bits per heavy atom. The van der Waals surface area contributed by atoms with Gasteiger partial charge in [-0.3, -0.25) is 0 Å². The molecule has 1 saturated heterocycles. The summed E-state index contributed by atoms with van der Waals surface area (Å²) in [6, 6.07) is 2.01. The second kappa shape index (κ2) is 5.31. The van der Waals surface area contributed by atoms with E-state index in [1.54, 1.807) is 18.4 Å². The Kier molecular flexibility index (Phi) is 3.27. The second-order valence-corrected chi connectivity index (χ2v) is 8.48. The number of hydrogen-bond donors (Lipinski definition) is 3. The zero-order chi connectivity index (χ0) is 17.2. The molecule has 3 aliphatic rings. The van der Waals surface area contributed by atoms with Gasteiger partial charge >= 0.3 is 7.12 Å². The maximum absolute atomic E-state index is 12.3. The van der Waals surface area contributed by atoms with Gasteiger partial charge < -0.3 is 14.7 Å². The van der Waals surface area contributed by atoms with Gasteiger partial charge in [0, 0.05) is 42.2 Å². The molecule has 0 bridgehead atoms. The van der Waals surface area contributed by atoms with Crippen molar-refractivity contribution in [1.29, 1.82) is 0 Å². The lowest BCUT2D eigenvalue weighted by molar-refractivity contribution is 0.246. The van der Waals surface area contributed by atoms with Crippen molar-refractivity contribution in [2.45, 2.75) is 18.9 Å². The highest BCUT2D eigenvalue weighted by Crippen LogP contribution is 2.42. The minimum atomic E-state index is -3.41. The number of pyridine rings is 1. The summed E-state index contributed by atoms with van der Waals surface area (Å²) < 4.78 is 34.2. The third kappa shape index (κ3) is 2.56. The van der Waals surface area contributed by atoms with E-state index in [1.807, 2.05) is 6.07 Å². The number of H-pyrrole nitrogens is 1. The van der Waals surface area contributed by atoms with E-state index in [2.05, 4.69) is 14.7 Å². The molecule has 4 heterocycles. The average molecular weight is 360 g/mol. The zero-order valence-corrected chi connectivity index (χ0v) is 14.2. The number of aromatic nitrogens is 2. The van der Waals surface area contributed by atoms with Crippen LogP contribution >= 0.6 is 0 Å². The Bertz CT molecular complexity index is 979. The van der Waals surface area contributed by atoms with Gasteiger partial charge in [0.05, 0.1) is 6.20 Å². The first-order chi connectivity index (χ1) is 12.0. The van der Waals surface area contributed by atoms with Gasteiger partial charge in [-0.25, -0.2) is 4.98 Å². The molecule has 0 unspecified atom stereocenters. The molecule has 0 amide bonds. The summed E-state index contributed by atoms with van der Waals surface area (Å²) in [5, 5.41) is 10.9. The number of hydrogen-bond acceptors (Lipinski definition) is 5. The molecule has 0 atom stereocenters. The largest absolute Gasteiger partial charge is 0.552 e. The Morgan fingerprint density at radius 3 is 2.96 bits per heavy atom. The molecule has 2 aromatic heterocycles. The highest BCUT2D eigenvalue weighted by Gasteiger charge is 2.42. The fourth-order valence-electron chi connectivity index (χ4n) is 3.44. The van der Waals surface area contributed by atoms with E-state index in [9.17, 15) is 13.4 Å². The van der Waals surface area contributed by atoms with Crippen molar-refractivity contribution >= 4 is 33.9 Å². The minimum absolute atomic E-state index is 0.0218. The molecular weight excluding hydrogens is 343 g/mol. The number of fused-ring (bicyclic) bond motifs is 3. The fourth-order valence-corrected chi connectivity index (χ4v) is 4.99. The van der Waals surface area contributed by atoms with Crippen LogP contribution in [0.15, 0.2) is 24.4 Å². The van der Waals surface area contributed by atoms with Crippen LogP contribution in [0.1, 0.15) is 18.4 Å². The predicted molar refractivity (Wildman–Crippen MR) is 92.8 cm³/mol. The van der Waals surface area contributed by atoms with E-state index in [0.717, 1.165) is 35.0 Å². The molecule has 3 N–H and O–H groups in total. The van der Waals surface area contributed by atoms with Crippen LogP contribution in [-0.4, -0.2) is 54.0 Å². The third-order valence-corrected chi connectivity index (χ3v) is 6.54. The van der Waals surface area contributed by atoms with E-state index in [-0.39, 0.29) is 12.0 Å².